The summed E-state index contributed by atoms with van der Waals surface area (Å²) in [5, 5.41) is 0. The van der Waals surface area contributed by atoms with E-state index in [0.717, 1.165) is 22.9 Å². The van der Waals surface area contributed by atoms with E-state index in [4.69, 9.17) is 0 Å². The highest BCUT2D eigenvalue weighted by Gasteiger charge is 2.60. The molecule has 2 aliphatic heterocycles. The van der Waals surface area contributed by atoms with Crippen molar-refractivity contribution in [2.75, 3.05) is 15.8 Å². The topological polar surface area (TPSA) is 80.8 Å². The maximum absolute atomic E-state index is 13.9. The van der Waals surface area contributed by atoms with Crippen molar-refractivity contribution >= 4 is 41.5 Å². The van der Waals surface area contributed by atoms with Gasteiger partial charge in [0, 0.05) is 9.89 Å². The van der Waals surface area contributed by atoms with Gasteiger partial charge in [0.15, 0.2) is 0 Å². The van der Waals surface area contributed by atoms with Gasteiger partial charge in [0.05, 0.1) is 28.1 Å². The van der Waals surface area contributed by atoms with Gasteiger partial charge in [-0.25, -0.2) is 16.8 Å². The summed E-state index contributed by atoms with van der Waals surface area (Å²) in [5.74, 6) is 0.0569. The Kier molecular flexibility index (Phi) is 5.52. The van der Waals surface area contributed by atoms with Crippen molar-refractivity contribution in [2.24, 2.45) is 5.92 Å². The second-order valence-electron chi connectivity index (χ2n) is 8.90. The van der Waals surface area contributed by atoms with Crippen LogP contribution in [0.4, 0.5) is 14.5 Å². The molecule has 0 amide bonds. The van der Waals surface area contributed by atoms with Crippen LogP contribution in [0.5, 0.6) is 5.75 Å². The van der Waals surface area contributed by atoms with Crippen LogP contribution in [-0.4, -0.2) is 41.0 Å². The fourth-order valence-corrected chi connectivity index (χ4v) is 9.05. The van der Waals surface area contributed by atoms with E-state index in [1.807, 2.05) is 6.07 Å². The minimum absolute atomic E-state index is 0.0235. The summed E-state index contributed by atoms with van der Waals surface area (Å²) in [5.41, 5.74) is 0.824. The van der Waals surface area contributed by atoms with Gasteiger partial charge in [0.2, 0.25) is 0 Å². The number of benzene rings is 2. The van der Waals surface area contributed by atoms with E-state index < -0.39 is 31.9 Å². The zero-order chi connectivity index (χ0) is 23.6. The molecule has 1 atom stereocenters. The number of hydrogen-bond donors (Lipinski definition) is 0. The molecular weight excluding hydrogens is 540 g/mol. The molecule has 0 bridgehead atoms. The van der Waals surface area contributed by atoms with Crippen molar-refractivity contribution in [2.45, 2.75) is 48.6 Å². The molecule has 1 saturated carbocycles. The third-order valence-corrected chi connectivity index (χ3v) is 10.9. The monoisotopic (exact) mass is 561 g/mol. The molecule has 178 valence electrons. The Morgan fingerprint density at radius 3 is 2.27 bits per heavy atom. The lowest BCUT2D eigenvalue weighted by atomic mass is 9.70. The lowest BCUT2D eigenvalue weighted by molar-refractivity contribution is -0.0498. The molecule has 1 saturated heterocycles. The highest BCUT2D eigenvalue weighted by molar-refractivity contribution is 9.10. The predicted octanol–water partition coefficient (Wildman–Crippen LogP) is 4.48. The molecule has 1 unspecified atom stereocenters. The summed E-state index contributed by atoms with van der Waals surface area (Å²) >= 11 is 3.49. The SMILES string of the molecule is O=S1(=O)CCC2(CC1)c1cc(Br)ccc1N(S(=O)(=O)c1ccc(OC(F)F)cc1)C2C1CC1. The Labute approximate surface area is 200 Å². The summed E-state index contributed by atoms with van der Waals surface area (Å²) in [6, 6.07) is 10.0. The molecule has 2 fully saturated rings. The number of rotatable bonds is 5. The van der Waals surface area contributed by atoms with Gasteiger partial charge in [-0.1, -0.05) is 15.9 Å². The first-order chi connectivity index (χ1) is 15.5. The molecule has 11 heteroatoms. The molecule has 0 aromatic heterocycles. The van der Waals surface area contributed by atoms with Crippen molar-refractivity contribution in [3.05, 3.63) is 52.5 Å². The van der Waals surface area contributed by atoms with Crippen LogP contribution in [0.2, 0.25) is 0 Å². The number of sulfonamides is 1. The van der Waals surface area contributed by atoms with E-state index in [2.05, 4.69) is 20.7 Å². The normalized spacial score (nSPS) is 23.6. The van der Waals surface area contributed by atoms with Crippen molar-refractivity contribution in [1.29, 1.82) is 0 Å². The molecule has 0 radical (unpaired) electrons. The molecule has 5 rings (SSSR count). The lowest BCUT2D eigenvalue weighted by Crippen LogP contribution is -2.52. The molecule has 2 heterocycles. The van der Waals surface area contributed by atoms with Crippen molar-refractivity contribution in [3.63, 3.8) is 0 Å². The fraction of sp³-hybridized carbons (Fsp3) is 0.455. The molecular formula is C22H22BrF2NO5S2. The number of nitrogens with zero attached hydrogens (tertiary/aromatic N) is 1. The van der Waals surface area contributed by atoms with Crippen LogP contribution in [0, 0.1) is 5.92 Å². The van der Waals surface area contributed by atoms with Crippen LogP contribution >= 0.6 is 15.9 Å². The van der Waals surface area contributed by atoms with Gasteiger partial charge in [-0.2, -0.15) is 8.78 Å². The first kappa shape index (κ1) is 23.0. The Morgan fingerprint density at radius 1 is 1.06 bits per heavy atom. The summed E-state index contributed by atoms with van der Waals surface area (Å²) < 4.78 is 84.0. The minimum atomic E-state index is -4.04. The molecule has 1 aliphatic carbocycles. The minimum Gasteiger partial charge on any atom is -0.435 e. The van der Waals surface area contributed by atoms with Gasteiger partial charge in [-0.15, -0.1) is 0 Å². The zero-order valence-electron chi connectivity index (χ0n) is 17.5. The molecule has 2 aromatic carbocycles. The van der Waals surface area contributed by atoms with Gasteiger partial charge < -0.3 is 4.74 Å². The fourth-order valence-electron chi connectivity index (χ4n) is 5.34. The maximum Gasteiger partial charge on any atom is 0.387 e. The average Bonchev–Trinajstić information content (AvgIpc) is 3.54. The first-order valence-electron chi connectivity index (χ1n) is 10.6. The van der Waals surface area contributed by atoms with E-state index in [0.29, 0.717) is 18.5 Å². The number of anilines is 1. The highest BCUT2D eigenvalue weighted by atomic mass is 79.9. The lowest BCUT2D eigenvalue weighted by Gasteiger charge is -2.41. The van der Waals surface area contributed by atoms with Crippen LogP contribution in [0.1, 0.15) is 31.2 Å². The van der Waals surface area contributed by atoms with E-state index in [1.165, 1.54) is 28.6 Å². The number of alkyl halides is 2. The second-order valence-corrected chi connectivity index (χ2v) is 13.9. The summed E-state index contributed by atoms with van der Waals surface area (Å²) in [7, 11) is -7.21. The van der Waals surface area contributed by atoms with Crippen LogP contribution in [0.15, 0.2) is 51.8 Å². The van der Waals surface area contributed by atoms with Crippen LogP contribution in [0.25, 0.3) is 0 Å². The summed E-state index contributed by atoms with van der Waals surface area (Å²) in [6.07, 6.45) is 2.49. The van der Waals surface area contributed by atoms with Gasteiger partial charge >= 0.3 is 6.61 Å². The summed E-state index contributed by atoms with van der Waals surface area (Å²) in [6.45, 7) is -3.00. The standard InChI is InChI=1S/C22H22BrF2NO5S2/c23-15-3-8-19-18(13-15)22(9-11-32(27,28)12-10-22)20(14-1-2-14)26(19)33(29,30)17-6-4-16(5-7-17)31-21(24)25/h3-8,13-14,20-21H,1-2,9-12H2. The van der Waals surface area contributed by atoms with Gasteiger partial charge in [-0.3, -0.25) is 4.31 Å². The Balaban J connectivity index is 1.63. The van der Waals surface area contributed by atoms with Crippen molar-refractivity contribution < 1.29 is 30.4 Å². The number of fused-ring (bicyclic) bond motifs is 2. The van der Waals surface area contributed by atoms with Crippen molar-refractivity contribution in [1.82, 2.24) is 0 Å². The summed E-state index contributed by atoms with van der Waals surface area (Å²) in [4.78, 5) is -0.0240. The van der Waals surface area contributed by atoms with Crippen LogP contribution < -0.4 is 9.04 Å². The average molecular weight is 562 g/mol. The van der Waals surface area contributed by atoms with Gasteiger partial charge in [-0.05, 0) is 79.6 Å². The number of halogens is 3. The van der Waals surface area contributed by atoms with Gasteiger partial charge in [0.1, 0.15) is 15.6 Å². The van der Waals surface area contributed by atoms with Crippen molar-refractivity contribution in [3.8, 4) is 5.75 Å². The van der Waals surface area contributed by atoms with E-state index in [-0.39, 0.29) is 34.1 Å². The first-order valence-corrected chi connectivity index (χ1v) is 14.7. The van der Waals surface area contributed by atoms with E-state index >= 15 is 0 Å². The van der Waals surface area contributed by atoms with Gasteiger partial charge in [0.25, 0.3) is 10.0 Å². The smallest absolute Gasteiger partial charge is 0.387 e. The molecule has 0 N–H and O–H groups in total. The number of hydrogen-bond acceptors (Lipinski definition) is 5. The Hall–Kier alpha value is -1.72. The van der Waals surface area contributed by atoms with E-state index in [1.54, 1.807) is 12.1 Å². The second kappa shape index (κ2) is 7.91. The third kappa shape index (κ3) is 3.95. The van der Waals surface area contributed by atoms with Crippen LogP contribution in [0.3, 0.4) is 0 Å². The Morgan fingerprint density at radius 2 is 1.70 bits per heavy atom. The third-order valence-electron chi connectivity index (χ3n) is 6.94. The zero-order valence-corrected chi connectivity index (χ0v) is 20.7. The largest absolute Gasteiger partial charge is 0.435 e. The molecule has 1 spiro atoms. The number of sulfone groups is 1. The van der Waals surface area contributed by atoms with Crippen LogP contribution in [-0.2, 0) is 25.3 Å². The molecule has 3 aliphatic rings. The van der Waals surface area contributed by atoms with E-state index in [9.17, 15) is 25.6 Å². The molecule has 6 nitrogen and oxygen atoms in total. The highest BCUT2D eigenvalue weighted by Crippen LogP contribution is 2.59. The number of ether oxygens (including phenoxy) is 1. The quantitative estimate of drug-likeness (QED) is 0.537. The molecule has 2 aromatic rings. The predicted molar refractivity (Wildman–Crippen MR) is 123 cm³/mol. The molecule has 33 heavy (non-hydrogen) atoms. The Bertz CT molecular complexity index is 1280. The maximum atomic E-state index is 13.9.